The standard InChI is InChI=1S/C34H24N2O4/c37-31-14-4-3-12-27(31)33(39)35-26-11-5-10-22(17-26)25-16-15-21-9-6-13-30(28(21)18-25)36-34(40)29-19-23-7-1-2-8-24(23)20-32(29)38/h1-20,37-38H,(H,35,39)(H,36,40). The average Bonchev–Trinajstić information content (AvgIpc) is 2.97. The Hall–Kier alpha value is -5.62. The minimum Gasteiger partial charge on any atom is -0.507 e. The molecule has 6 heteroatoms. The van der Waals surface area contributed by atoms with Gasteiger partial charge in [-0.1, -0.05) is 72.8 Å². The quantitative estimate of drug-likeness (QED) is 0.187. The molecule has 40 heavy (non-hydrogen) atoms. The van der Waals surface area contributed by atoms with Crippen LogP contribution >= 0.6 is 0 Å². The first-order valence-corrected chi connectivity index (χ1v) is 12.7. The van der Waals surface area contributed by atoms with Crippen LogP contribution in [-0.2, 0) is 0 Å². The fraction of sp³-hybridized carbons (Fsp3) is 0. The third kappa shape index (κ3) is 4.81. The first kappa shape index (κ1) is 24.7. The molecule has 6 rings (SSSR count). The zero-order valence-electron chi connectivity index (χ0n) is 21.3. The molecule has 6 aromatic rings. The highest BCUT2D eigenvalue weighted by Crippen LogP contribution is 2.32. The smallest absolute Gasteiger partial charge is 0.259 e. The number of phenols is 2. The summed E-state index contributed by atoms with van der Waals surface area (Å²) >= 11 is 0. The van der Waals surface area contributed by atoms with E-state index in [1.165, 1.54) is 6.07 Å². The van der Waals surface area contributed by atoms with Gasteiger partial charge in [0.15, 0.2) is 0 Å². The van der Waals surface area contributed by atoms with E-state index in [9.17, 15) is 19.8 Å². The van der Waals surface area contributed by atoms with Crippen molar-refractivity contribution in [2.75, 3.05) is 10.6 Å². The third-order valence-electron chi connectivity index (χ3n) is 6.84. The highest BCUT2D eigenvalue weighted by atomic mass is 16.3. The molecule has 0 aliphatic carbocycles. The van der Waals surface area contributed by atoms with Crippen molar-refractivity contribution in [3.63, 3.8) is 0 Å². The lowest BCUT2D eigenvalue weighted by Crippen LogP contribution is -2.12. The van der Waals surface area contributed by atoms with Crippen molar-refractivity contribution in [1.29, 1.82) is 0 Å². The zero-order chi connectivity index (χ0) is 27.6. The van der Waals surface area contributed by atoms with Crippen LogP contribution < -0.4 is 10.6 Å². The lowest BCUT2D eigenvalue weighted by molar-refractivity contribution is 0.101. The van der Waals surface area contributed by atoms with Crippen LogP contribution in [0, 0.1) is 0 Å². The maximum atomic E-state index is 13.2. The van der Waals surface area contributed by atoms with Gasteiger partial charge in [-0.2, -0.15) is 0 Å². The van der Waals surface area contributed by atoms with Gasteiger partial charge in [-0.05, 0) is 75.8 Å². The molecule has 0 bridgehead atoms. The van der Waals surface area contributed by atoms with E-state index >= 15 is 0 Å². The van der Waals surface area contributed by atoms with Gasteiger partial charge in [0, 0.05) is 16.8 Å². The van der Waals surface area contributed by atoms with Gasteiger partial charge >= 0.3 is 0 Å². The molecule has 6 nitrogen and oxygen atoms in total. The number of hydrogen-bond donors (Lipinski definition) is 4. The normalized spacial score (nSPS) is 10.9. The fourth-order valence-electron chi connectivity index (χ4n) is 4.80. The second kappa shape index (κ2) is 10.3. The number of para-hydroxylation sites is 1. The molecule has 0 spiro atoms. The average molecular weight is 525 g/mol. The second-order valence-electron chi connectivity index (χ2n) is 9.46. The van der Waals surface area contributed by atoms with Crippen molar-refractivity contribution in [2.24, 2.45) is 0 Å². The molecule has 0 saturated carbocycles. The summed E-state index contributed by atoms with van der Waals surface area (Å²) in [5, 5.41) is 29.8. The van der Waals surface area contributed by atoms with Crippen LogP contribution in [0.3, 0.4) is 0 Å². The summed E-state index contributed by atoms with van der Waals surface area (Å²) in [7, 11) is 0. The molecule has 2 amide bonds. The number of rotatable bonds is 5. The Morgan fingerprint density at radius 3 is 2.00 bits per heavy atom. The van der Waals surface area contributed by atoms with Gasteiger partial charge in [0.1, 0.15) is 11.5 Å². The molecule has 0 unspecified atom stereocenters. The van der Waals surface area contributed by atoms with Crippen molar-refractivity contribution in [1.82, 2.24) is 0 Å². The Balaban J connectivity index is 1.30. The topological polar surface area (TPSA) is 98.7 Å². The molecule has 4 N–H and O–H groups in total. The van der Waals surface area contributed by atoms with Gasteiger partial charge in [0.25, 0.3) is 11.8 Å². The van der Waals surface area contributed by atoms with E-state index in [2.05, 4.69) is 10.6 Å². The van der Waals surface area contributed by atoms with E-state index < -0.39 is 11.8 Å². The molecule has 194 valence electrons. The molecule has 0 fully saturated rings. The summed E-state index contributed by atoms with van der Waals surface area (Å²) in [6.07, 6.45) is 0. The van der Waals surface area contributed by atoms with E-state index in [1.807, 2.05) is 78.9 Å². The summed E-state index contributed by atoms with van der Waals surface area (Å²) in [6, 6.07) is 36.2. The predicted octanol–water partition coefficient (Wildman–Crippen LogP) is 7.58. The minimum absolute atomic E-state index is 0.0835. The highest BCUT2D eigenvalue weighted by Gasteiger charge is 2.15. The molecule has 6 aromatic carbocycles. The first-order chi connectivity index (χ1) is 19.5. The summed E-state index contributed by atoms with van der Waals surface area (Å²) < 4.78 is 0. The van der Waals surface area contributed by atoms with Crippen molar-refractivity contribution < 1.29 is 19.8 Å². The van der Waals surface area contributed by atoms with E-state index in [0.717, 1.165) is 32.7 Å². The monoisotopic (exact) mass is 524 g/mol. The van der Waals surface area contributed by atoms with Crippen molar-refractivity contribution >= 4 is 44.7 Å². The number of phenolic OH excluding ortho intramolecular Hbond substituents is 2. The Morgan fingerprint density at radius 1 is 0.500 bits per heavy atom. The van der Waals surface area contributed by atoms with Gasteiger partial charge in [0.2, 0.25) is 0 Å². The van der Waals surface area contributed by atoms with E-state index in [0.29, 0.717) is 11.4 Å². The lowest BCUT2D eigenvalue weighted by Gasteiger charge is -2.13. The minimum atomic E-state index is -0.407. The SMILES string of the molecule is O=C(Nc1cccc(-c2ccc3cccc(NC(=O)c4cc5ccccc5cc4O)c3c2)c1)c1ccccc1O. The highest BCUT2D eigenvalue weighted by molar-refractivity contribution is 6.12. The number of carbonyl (C=O) groups excluding carboxylic acids is 2. The number of benzene rings is 6. The number of carbonyl (C=O) groups is 2. The maximum absolute atomic E-state index is 13.2. The van der Waals surface area contributed by atoms with Crippen LogP contribution in [0.1, 0.15) is 20.7 Å². The Morgan fingerprint density at radius 2 is 1.18 bits per heavy atom. The van der Waals surface area contributed by atoms with E-state index in [-0.39, 0.29) is 22.6 Å². The largest absolute Gasteiger partial charge is 0.507 e. The number of aromatic hydroxyl groups is 2. The van der Waals surface area contributed by atoms with Crippen LogP contribution in [0.15, 0.2) is 121 Å². The molecular formula is C34H24N2O4. The molecule has 0 radical (unpaired) electrons. The van der Waals surface area contributed by atoms with Gasteiger partial charge in [-0.25, -0.2) is 0 Å². The van der Waals surface area contributed by atoms with Crippen LogP contribution in [0.2, 0.25) is 0 Å². The Bertz CT molecular complexity index is 1930. The molecular weight excluding hydrogens is 500 g/mol. The van der Waals surface area contributed by atoms with Crippen molar-refractivity contribution in [3.8, 4) is 22.6 Å². The summed E-state index contributed by atoms with van der Waals surface area (Å²) in [4.78, 5) is 25.9. The van der Waals surface area contributed by atoms with Crippen LogP contribution in [0.4, 0.5) is 11.4 Å². The van der Waals surface area contributed by atoms with Crippen molar-refractivity contribution in [2.45, 2.75) is 0 Å². The van der Waals surface area contributed by atoms with Crippen LogP contribution in [0.25, 0.3) is 32.7 Å². The van der Waals surface area contributed by atoms with Gasteiger partial charge in [-0.15, -0.1) is 0 Å². The predicted molar refractivity (Wildman–Crippen MR) is 159 cm³/mol. The van der Waals surface area contributed by atoms with Gasteiger partial charge < -0.3 is 20.8 Å². The van der Waals surface area contributed by atoms with Gasteiger partial charge in [-0.3, -0.25) is 9.59 Å². The Labute approximate surface area is 230 Å². The summed E-state index contributed by atoms with van der Waals surface area (Å²) in [5.74, 6) is -0.984. The molecule has 0 atom stereocenters. The number of nitrogens with one attached hydrogen (secondary N) is 2. The fourth-order valence-corrected chi connectivity index (χ4v) is 4.80. The number of fused-ring (bicyclic) bond motifs is 2. The second-order valence-corrected chi connectivity index (χ2v) is 9.46. The number of anilines is 2. The van der Waals surface area contributed by atoms with Gasteiger partial charge in [0.05, 0.1) is 11.1 Å². The zero-order valence-corrected chi connectivity index (χ0v) is 21.3. The molecule has 0 aliphatic heterocycles. The van der Waals surface area contributed by atoms with Crippen LogP contribution in [-0.4, -0.2) is 22.0 Å². The molecule has 0 saturated heterocycles. The molecule has 0 aromatic heterocycles. The van der Waals surface area contributed by atoms with Crippen molar-refractivity contribution in [3.05, 3.63) is 132 Å². The molecule has 0 aliphatic rings. The molecule has 0 heterocycles. The van der Waals surface area contributed by atoms with E-state index in [4.69, 9.17) is 0 Å². The number of amides is 2. The summed E-state index contributed by atoms with van der Waals surface area (Å²) in [5.41, 5.74) is 3.34. The van der Waals surface area contributed by atoms with Crippen LogP contribution in [0.5, 0.6) is 11.5 Å². The first-order valence-electron chi connectivity index (χ1n) is 12.7. The van der Waals surface area contributed by atoms with E-state index in [1.54, 1.807) is 36.4 Å². The maximum Gasteiger partial charge on any atom is 0.259 e. The Kier molecular flexibility index (Phi) is 6.34. The summed E-state index contributed by atoms with van der Waals surface area (Å²) in [6.45, 7) is 0. The third-order valence-corrected chi connectivity index (χ3v) is 6.84. The number of hydrogen-bond acceptors (Lipinski definition) is 4. The lowest BCUT2D eigenvalue weighted by atomic mass is 9.99.